The summed E-state index contributed by atoms with van der Waals surface area (Å²) in [4.78, 5) is 34.0. The van der Waals surface area contributed by atoms with E-state index < -0.39 is 17.8 Å². The van der Waals surface area contributed by atoms with Crippen LogP contribution in [0.25, 0.3) is 0 Å². The Morgan fingerprint density at radius 1 is 1.43 bits per heavy atom. The van der Waals surface area contributed by atoms with E-state index in [1.807, 2.05) is 0 Å². The zero-order chi connectivity index (χ0) is 9.59. The van der Waals surface area contributed by atoms with Gasteiger partial charge < -0.3 is 9.90 Å². The van der Waals surface area contributed by atoms with Crippen LogP contribution >= 0.6 is 0 Å². The zero-order valence-electron chi connectivity index (χ0n) is 7.86. The third-order valence-electron chi connectivity index (χ3n) is 2.65. The number of aliphatic carboxylic acids is 1. The molecule has 70 valence electrons. The van der Waals surface area contributed by atoms with E-state index in [4.69, 9.17) is 0 Å². The average Bonchev–Trinajstić information content (AvgIpc) is 2.55. The molecule has 2 aliphatic heterocycles. The van der Waals surface area contributed by atoms with Crippen molar-refractivity contribution in [3.05, 3.63) is 0 Å². The molecule has 0 saturated carbocycles. The van der Waals surface area contributed by atoms with Gasteiger partial charge in [-0.25, -0.2) is 0 Å². The van der Waals surface area contributed by atoms with Crippen LogP contribution in [0.1, 0.15) is 19.3 Å². The molecule has 0 radical (unpaired) electrons. The smallest absolute Gasteiger partial charge is 0.549 e. The predicted molar refractivity (Wildman–Crippen MR) is 38.0 cm³/mol. The summed E-state index contributed by atoms with van der Waals surface area (Å²) in [6, 6.07) is -0.192. The van der Waals surface area contributed by atoms with Crippen molar-refractivity contribution in [2.75, 3.05) is 0 Å². The van der Waals surface area contributed by atoms with E-state index in [1.54, 1.807) is 0 Å². The Morgan fingerprint density at radius 3 is 2.57 bits per heavy atom. The van der Waals surface area contributed by atoms with Crippen LogP contribution < -0.4 is 56.5 Å². The molecule has 0 N–H and O–H groups in total. The van der Waals surface area contributed by atoms with Crippen LogP contribution in [0.2, 0.25) is 0 Å². The van der Waals surface area contributed by atoms with Gasteiger partial charge in [-0.05, 0) is 12.8 Å². The molecular weight excluding hydrogens is 213 g/mol. The second-order valence-corrected chi connectivity index (χ2v) is 3.40. The van der Waals surface area contributed by atoms with Crippen LogP contribution in [0.5, 0.6) is 0 Å². The Labute approximate surface area is 123 Å². The van der Waals surface area contributed by atoms with Gasteiger partial charge in [0.1, 0.15) is 0 Å². The summed E-state index contributed by atoms with van der Waals surface area (Å²) in [5.74, 6) is -3.31. The van der Waals surface area contributed by atoms with Gasteiger partial charge in [-0.2, -0.15) is 0 Å². The normalized spacial score (nSPS) is 30.1. The molecule has 0 aliphatic carbocycles. The van der Waals surface area contributed by atoms with Crippen LogP contribution in [0.3, 0.4) is 0 Å². The SMILES string of the molecule is O=C([O-])C1CC2CCC(=O)N2C1=O.[K+]. The van der Waals surface area contributed by atoms with Crippen molar-refractivity contribution in [3.8, 4) is 0 Å². The van der Waals surface area contributed by atoms with Gasteiger partial charge in [0.25, 0.3) is 0 Å². The Balaban J connectivity index is 0.000000980. The van der Waals surface area contributed by atoms with Crippen molar-refractivity contribution in [1.82, 2.24) is 4.90 Å². The summed E-state index contributed by atoms with van der Waals surface area (Å²) >= 11 is 0. The van der Waals surface area contributed by atoms with Crippen LogP contribution in [0, 0.1) is 5.92 Å². The zero-order valence-corrected chi connectivity index (χ0v) is 11.0. The number of nitrogens with zero attached hydrogens (tertiary/aromatic N) is 1. The number of rotatable bonds is 1. The van der Waals surface area contributed by atoms with Crippen LogP contribution in [-0.2, 0) is 14.4 Å². The molecule has 2 rings (SSSR count). The van der Waals surface area contributed by atoms with Gasteiger partial charge in [-0.1, -0.05) is 0 Å². The first-order valence-corrected chi connectivity index (χ1v) is 4.18. The van der Waals surface area contributed by atoms with Gasteiger partial charge >= 0.3 is 51.4 Å². The minimum absolute atomic E-state index is 0. The monoisotopic (exact) mass is 221 g/mol. The van der Waals surface area contributed by atoms with Crippen molar-refractivity contribution in [2.24, 2.45) is 5.92 Å². The summed E-state index contributed by atoms with van der Waals surface area (Å²) in [6.07, 6.45) is 1.18. The first kappa shape index (κ1) is 12.3. The molecule has 2 fully saturated rings. The van der Waals surface area contributed by atoms with Crippen molar-refractivity contribution in [2.45, 2.75) is 25.3 Å². The van der Waals surface area contributed by atoms with E-state index in [0.29, 0.717) is 12.8 Å². The number of carbonyl (C=O) groups is 3. The van der Waals surface area contributed by atoms with Crippen molar-refractivity contribution >= 4 is 17.8 Å². The maximum Gasteiger partial charge on any atom is 1.00 e. The number of carbonyl (C=O) groups excluding carboxylic acids is 3. The number of amides is 2. The first-order valence-electron chi connectivity index (χ1n) is 4.18. The van der Waals surface area contributed by atoms with E-state index in [2.05, 4.69) is 0 Å². The second-order valence-electron chi connectivity index (χ2n) is 3.40. The van der Waals surface area contributed by atoms with E-state index >= 15 is 0 Å². The Kier molecular flexibility index (Phi) is 3.87. The quantitative estimate of drug-likeness (QED) is 0.253. The fourth-order valence-electron chi connectivity index (χ4n) is 2.01. The molecule has 0 spiro atoms. The second kappa shape index (κ2) is 4.40. The minimum atomic E-state index is -1.37. The minimum Gasteiger partial charge on any atom is -0.549 e. The number of carboxylic acids is 1. The Morgan fingerprint density at radius 2 is 2.07 bits per heavy atom. The van der Waals surface area contributed by atoms with Crippen LogP contribution in [-0.4, -0.2) is 28.7 Å². The van der Waals surface area contributed by atoms with Crippen molar-refractivity contribution < 1.29 is 70.9 Å². The fourth-order valence-corrected chi connectivity index (χ4v) is 2.01. The Hall–Kier alpha value is 0.246. The number of imide groups is 1. The molecular formula is C8H8KNO4. The molecule has 2 heterocycles. The van der Waals surface area contributed by atoms with Gasteiger partial charge in [-0.3, -0.25) is 14.5 Å². The molecule has 2 amide bonds. The number of hydrogen-bond acceptors (Lipinski definition) is 4. The van der Waals surface area contributed by atoms with E-state index in [-0.39, 0.29) is 69.8 Å². The third kappa shape index (κ3) is 1.81. The third-order valence-corrected chi connectivity index (χ3v) is 2.65. The summed E-state index contributed by atoms with van der Waals surface area (Å²) in [7, 11) is 0. The first-order chi connectivity index (χ1) is 6.11. The number of hydrogen-bond donors (Lipinski definition) is 0. The summed E-state index contributed by atoms with van der Waals surface area (Å²) < 4.78 is 0. The van der Waals surface area contributed by atoms with E-state index in [9.17, 15) is 19.5 Å². The fraction of sp³-hybridized carbons (Fsp3) is 0.625. The average molecular weight is 221 g/mol. The van der Waals surface area contributed by atoms with E-state index in [1.165, 1.54) is 0 Å². The summed E-state index contributed by atoms with van der Waals surface area (Å²) in [5.41, 5.74) is 0. The molecule has 2 unspecified atom stereocenters. The Bertz CT molecular complexity index is 304. The standard InChI is InChI=1S/C8H9NO4.K/c10-6-2-1-4-3-5(8(12)13)7(11)9(4)6;/h4-5H,1-3H2,(H,12,13);/q;+1/p-1. The van der Waals surface area contributed by atoms with Gasteiger partial charge in [-0.15, -0.1) is 0 Å². The van der Waals surface area contributed by atoms with Gasteiger partial charge in [0, 0.05) is 12.5 Å². The summed E-state index contributed by atoms with van der Waals surface area (Å²) in [6.45, 7) is 0. The van der Waals surface area contributed by atoms with E-state index in [0.717, 1.165) is 4.90 Å². The maximum atomic E-state index is 11.3. The van der Waals surface area contributed by atoms with Gasteiger partial charge in [0.05, 0.1) is 11.9 Å². The molecule has 6 heteroatoms. The molecule has 2 atom stereocenters. The molecule has 5 nitrogen and oxygen atoms in total. The molecule has 2 aliphatic rings. The molecule has 14 heavy (non-hydrogen) atoms. The number of fused-ring (bicyclic) bond motifs is 1. The molecule has 0 aromatic heterocycles. The molecule has 0 bridgehead atoms. The molecule has 2 saturated heterocycles. The summed E-state index contributed by atoms with van der Waals surface area (Å²) in [5, 5.41) is 10.5. The predicted octanol–water partition coefficient (Wildman–Crippen LogP) is -4.72. The van der Waals surface area contributed by atoms with Crippen molar-refractivity contribution in [1.29, 1.82) is 0 Å². The van der Waals surface area contributed by atoms with Gasteiger partial charge in [0.2, 0.25) is 11.8 Å². The van der Waals surface area contributed by atoms with Crippen molar-refractivity contribution in [3.63, 3.8) is 0 Å². The van der Waals surface area contributed by atoms with Crippen LogP contribution in [0.4, 0.5) is 0 Å². The molecule has 0 aromatic rings. The maximum absolute atomic E-state index is 11.3. The largest absolute Gasteiger partial charge is 1.00 e. The van der Waals surface area contributed by atoms with Gasteiger partial charge in [0.15, 0.2) is 0 Å². The van der Waals surface area contributed by atoms with Crippen LogP contribution in [0.15, 0.2) is 0 Å². The topological polar surface area (TPSA) is 77.5 Å². The molecule has 0 aromatic carbocycles. The number of carboxylic acid groups (broad SMARTS) is 1.